The SMILES string of the molecule is c1ccc(-c2ccc(N(c3cccc(-c4cccc5c4c4ccc6ccccc6c4n5-c4ccccc4)c3)c3ccccc3-c3ccccc3)cc2)cc1. The number of anilines is 3. The first-order valence-corrected chi connectivity index (χ1v) is 18.5. The number of hydrogen-bond acceptors (Lipinski definition) is 1. The lowest BCUT2D eigenvalue weighted by Crippen LogP contribution is -2.11. The van der Waals surface area contributed by atoms with Crippen molar-refractivity contribution in [2.24, 2.45) is 0 Å². The van der Waals surface area contributed by atoms with Crippen LogP contribution in [0.25, 0.3) is 71.6 Å². The summed E-state index contributed by atoms with van der Waals surface area (Å²) in [7, 11) is 0. The van der Waals surface area contributed by atoms with Gasteiger partial charge in [0.05, 0.1) is 16.7 Å². The lowest BCUT2D eigenvalue weighted by Gasteiger charge is -2.28. The van der Waals surface area contributed by atoms with Crippen molar-refractivity contribution in [3.8, 4) is 39.1 Å². The minimum Gasteiger partial charge on any atom is -0.310 e. The Balaban J connectivity index is 1.19. The minimum absolute atomic E-state index is 1.09. The largest absolute Gasteiger partial charge is 0.310 e. The van der Waals surface area contributed by atoms with Crippen molar-refractivity contribution in [2.45, 2.75) is 0 Å². The molecule has 0 unspecified atom stereocenters. The maximum absolute atomic E-state index is 2.44. The Hall–Kier alpha value is -7.16. The molecule has 254 valence electrons. The van der Waals surface area contributed by atoms with Gasteiger partial charge in [0, 0.05) is 38.8 Å². The van der Waals surface area contributed by atoms with Gasteiger partial charge in [-0.05, 0) is 81.7 Å². The van der Waals surface area contributed by atoms with Crippen molar-refractivity contribution < 1.29 is 0 Å². The number of hydrogen-bond donors (Lipinski definition) is 0. The fourth-order valence-electron chi connectivity index (χ4n) is 8.12. The lowest BCUT2D eigenvalue weighted by atomic mass is 9.97. The number of nitrogens with zero attached hydrogens (tertiary/aromatic N) is 2. The molecule has 0 aliphatic heterocycles. The monoisotopic (exact) mass is 688 g/mol. The average Bonchev–Trinajstić information content (AvgIpc) is 3.60. The van der Waals surface area contributed by atoms with Gasteiger partial charge in [0.2, 0.25) is 0 Å². The Labute approximate surface area is 315 Å². The highest BCUT2D eigenvalue weighted by Gasteiger charge is 2.21. The summed E-state index contributed by atoms with van der Waals surface area (Å²) in [4.78, 5) is 2.40. The molecule has 0 N–H and O–H groups in total. The van der Waals surface area contributed by atoms with Gasteiger partial charge in [0.25, 0.3) is 0 Å². The van der Waals surface area contributed by atoms with E-state index in [0.717, 1.165) is 22.7 Å². The van der Waals surface area contributed by atoms with E-state index in [1.54, 1.807) is 0 Å². The number of para-hydroxylation sites is 2. The van der Waals surface area contributed by atoms with Crippen LogP contribution in [0.1, 0.15) is 0 Å². The van der Waals surface area contributed by atoms with Crippen molar-refractivity contribution in [1.82, 2.24) is 4.57 Å². The van der Waals surface area contributed by atoms with E-state index in [1.807, 2.05) is 0 Å². The third kappa shape index (κ3) is 5.44. The maximum atomic E-state index is 2.44. The van der Waals surface area contributed by atoms with Gasteiger partial charge < -0.3 is 9.47 Å². The highest BCUT2D eigenvalue weighted by Crippen LogP contribution is 2.45. The number of fused-ring (bicyclic) bond motifs is 5. The molecule has 0 saturated carbocycles. The Kier molecular flexibility index (Phi) is 7.85. The standard InChI is InChI=1S/C52H36N2/c1-4-16-37(17-5-1)38-30-33-43(34-31-38)53(49-28-13-12-25-45(49)39-18-6-2-7-19-39)44-24-14-21-41(36-44)46-27-15-29-50-51(46)48-35-32-40-20-10-11-26-47(40)52(48)54(50)42-22-8-3-9-23-42/h1-36H. The van der Waals surface area contributed by atoms with Gasteiger partial charge >= 0.3 is 0 Å². The van der Waals surface area contributed by atoms with Crippen LogP contribution < -0.4 is 4.90 Å². The highest BCUT2D eigenvalue weighted by molar-refractivity contribution is 6.22. The van der Waals surface area contributed by atoms with E-state index in [-0.39, 0.29) is 0 Å². The Morgan fingerprint density at radius 1 is 0.352 bits per heavy atom. The summed E-state index contributed by atoms with van der Waals surface area (Å²) in [5, 5.41) is 4.98. The van der Waals surface area contributed by atoms with Crippen LogP contribution in [0.3, 0.4) is 0 Å². The molecule has 9 aromatic carbocycles. The first-order valence-electron chi connectivity index (χ1n) is 18.5. The van der Waals surface area contributed by atoms with Gasteiger partial charge in [-0.25, -0.2) is 0 Å². The number of rotatable bonds is 7. The fourth-order valence-corrected chi connectivity index (χ4v) is 8.12. The summed E-state index contributed by atoms with van der Waals surface area (Å²) >= 11 is 0. The van der Waals surface area contributed by atoms with E-state index in [2.05, 4.69) is 228 Å². The molecule has 0 fully saturated rings. The predicted molar refractivity (Wildman–Crippen MR) is 229 cm³/mol. The van der Waals surface area contributed by atoms with Crippen LogP contribution in [0.15, 0.2) is 218 Å². The van der Waals surface area contributed by atoms with Crippen molar-refractivity contribution in [2.75, 3.05) is 4.90 Å². The van der Waals surface area contributed by atoms with Crippen LogP contribution in [-0.2, 0) is 0 Å². The molecule has 0 aliphatic rings. The first kappa shape index (κ1) is 31.6. The normalized spacial score (nSPS) is 11.3. The zero-order chi connectivity index (χ0) is 35.8. The third-order valence-corrected chi connectivity index (χ3v) is 10.6. The zero-order valence-electron chi connectivity index (χ0n) is 29.7. The van der Waals surface area contributed by atoms with Crippen LogP contribution in [0.4, 0.5) is 17.1 Å². The second kappa shape index (κ2) is 13.4. The second-order valence-corrected chi connectivity index (χ2v) is 13.7. The van der Waals surface area contributed by atoms with E-state index in [0.29, 0.717) is 0 Å². The molecule has 0 spiro atoms. The quantitative estimate of drug-likeness (QED) is 0.162. The smallest absolute Gasteiger partial charge is 0.0619 e. The van der Waals surface area contributed by atoms with Gasteiger partial charge in [-0.1, -0.05) is 170 Å². The molecule has 10 rings (SSSR count). The average molecular weight is 689 g/mol. The van der Waals surface area contributed by atoms with Crippen LogP contribution in [-0.4, -0.2) is 4.57 Å². The van der Waals surface area contributed by atoms with Gasteiger partial charge in [-0.2, -0.15) is 0 Å². The molecule has 10 aromatic rings. The van der Waals surface area contributed by atoms with Gasteiger partial charge in [0.1, 0.15) is 0 Å². The Morgan fingerprint density at radius 3 is 1.76 bits per heavy atom. The van der Waals surface area contributed by atoms with Crippen molar-refractivity contribution in [3.05, 3.63) is 218 Å². The number of aromatic nitrogens is 1. The Morgan fingerprint density at radius 2 is 0.963 bits per heavy atom. The second-order valence-electron chi connectivity index (χ2n) is 13.7. The third-order valence-electron chi connectivity index (χ3n) is 10.6. The topological polar surface area (TPSA) is 8.17 Å². The first-order chi connectivity index (χ1) is 26.8. The molecule has 0 bridgehead atoms. The molecule has 0 radical (unpaired) electrons. The molecule has 1 heterocycles. The van der Waals surface area contributed by atoms with E-state index < -0.39 is 0 Å². The van der Waals surface area contributed by atoms with Gasteiger partial charge in [0.15, 0.2) is 0 Å². The molecule has 54 heavy (non-hydrogen) atoms. The molecule has 0 atom stereocenters. The van der Waals surface area contributed by atoms with E-state index in [9.17, 15) is 0 Å². The van der Waals surface area contributed by atoms with Crippen molar-refractivity contribution >= 4 is 49.6 Å². The molecule has 2 nitrogen and oxygen atoms in total. The summed E-state index contributed by atoms with van der Waals surface area (Å²) in [5.41, 5.74) is 14.0. The van der Waals surface area contributed by atoms with Crippen LogP contribution in [0.5, 0.6) is 0 Å². The molecule has 0 aliphatic carbocycles. The summed E-state index contributed by atoms with van der Waals surface area (Å²) in [6, 6.07) is 78.8. The van der Waals surface area contributed by atoms with Crippen molar-refractivity contribution in [3.63, 3.8) is 0 Å². The van der Waals surface area contributed by atoms with E-state index >= 15 is 0 Å². The van der Waals surface area contributed by atoms with Gasteiger partial charge in [-0.15, -0.1) is 0 Å². The summed E-state index contributed by atoms with van der Waals surface area (Å²) in [6.45, 7) is 0. The summed E-state index contributed by atoms with van der Waals surface area (Å²) in [5.74, 6) is 0. The summed E-state index contributed by atoms with van der Waals surface area (Å²) in [6.07, 6.45) is 0. The molecular formula is C52H36N2. The molecule has 0 saturated heterocycles. The Bertz CT molecular complexity index is 2910. The minimum atomic E-state index is 1.09. The predicted octanol–water partition coefficient (Wildman–Crippen LogP) is 14.4. The molecular weight excluding hydrogens is 653 g/mol. The van der Waals surface area contributed by atoms with Crippen molar-refractivity contribution in [1.29, 1.82) is 0 Å². The van der Waals surface area contributed by atoms with Gasteiger partial charge in [-0.3, -0.25) is 0 Å². The van der Waals surface area contributed by atoms with E-state index in [1.165, 1.54) is 66.0 Å². The van der Waals surface area contributed by atoms with Crippen LogP contribution in [0, 0.1) is 0 Å². The highest BCUT2D eigenvalue weighted by atomic mass is 15.1. The lowest BCUT2D eigenvalue weighted by molar-refractivity contribution is 1.19. The zero-order valence-corrected chi connectivity index (χ0v) is 29.7. The summed E-state index contributed by atoms with van der Waals surface area (Å²) < 4.78 is 2.44. The fraction of sp³-hybridized carbons (Fsp3) is 0. The molecule has 2 heteroatoms. The van der Waals surface area contributed by atoms with Crippen LogP contribution in [0.2, 0.25) is 0 Å². The molecule has 1 aromatic heterocycles. The number of benzene rings is 9. The van der Waals surface area contributed by atoms with E-state index in [4.69, 9.17) is 0 Å². The van der Waals surface area contributed by atoms with Crippen LogP contribution >= 0.6 is 0 Å². The maximum Gasteiger partial charge on any atom is 0.0619 e. The molecule has 0 amide bonds.